The van der Waals surface area contributed by atoms with Crippen molar-refractivity contribution in [3.63, 3.8) is 0 Å². The fraction of sp³-hybridized carbons (Fsp3) is 0.462. The Morgan fingerprint density at radius 1 is 1.32 bits per heavy atom. The lowest BCUT2D eigenvalue weighted by Gasteiger charge is -2.07. The van der Waals surface area contributed by atoms with Crippen molar-refractivity contribution >= 4 is 22.4 Å². The first kappa shape index (κ1) is 15.7. The first-order valence-electron chi connectivity index (χ1n) is 6.15. The van der Waals surface area contributed by atoms with Gasteiger partial charge in [0.15, 0.2) is 0 Å². The third-order valence-corrected chi connectivity index (χ3v) is 3.79. The molecule has 0 aromatic heterocycles. The van der Waals surface area contributed by atoms with Gasteiger partial charge in [-0.3, -0.25) is 9.00 Å². The summed E-state index contributed by atoms with van der Waals surface area (Å²) < 4.78 is 16.2. The van der Waals surface area contributed by atoms with E-state index in [0.717, 1.165) is 11.4 Å². The zero-order valence-corrected chi connectivity index (χ0v) is 12.1. The van der Waals surface area contributed by atoms with Crippen LogP contribution in [0.3, 0.4) is 0 Å². The molecule has 0 saturated heterocycles. The second-order valence-electron chi connectivity index (χ2n) is 3.89. The summed E-state index contributed by atoms with van der Waals surface area (Å²) in [6, 6.07) is 7.13. The second-order valence-corrected chi connectivity index (χ2v) is 5.75. The average Bonchev–Trinajstić information content (AvgIpc) is 2.44. The molecule has 1 unspecified atom stereocenters. The normalized spacial score (nSPS) is 11.9. The number of amides is 1. The molecule has 1 aromatic rings. The van der Waals surface area contributed by atoms with Crippen molar-refractivity contribution in [2.24, 2.45) is 0 Å². The van der Waals surface area contributed by atoms with Gasteiger partial charge in [-0.1, -0.05) is 6.92 Å². The van der Waals surface area contributed by atoms with Crippen molar-refractivity contribution < 1.29 is 13.7 Å². The van der Waals surface area contributed by atoms with Crippen molar-refractivity contribution in [3.05, 3.63) is 24.3 Å². The van der Waals surface area contributed by atoms with Crippen LogP contribution in [0.15, 0.2) is 24.3 Å². The quantitative estimate of drug-likeness (QED) is 0.699. The van der Waals surface area contributed by atoms with E-state index in [2.05, 4.69) is 10.6 Å². The molecule has 5 nitrogen and oxygen atoms in total. The summed E-state index contributed by atoms with van der Waals surface area (Å²) in [6.07, 6.45) is 0. The van der Waals surface area contributed by atoms with Gasteiger partial charge in [-0.05, 0) is 24.3 Å². The Bertz CT molecular complexity index is 420. The molecule has 1 aromatic carbocycles. The van der Waals surface area contributed by atoms with Gasteiger partial charge >= 0.3 is 0 Å². The van der Waals surface area contributed by atoms with E-state index in [1.54, 1.807) is 31.4 Å². The molecule has 106 valence electrons. The van der Waals surface area contributed by atoms with Crippen LogP contribution in [-0.2, 0) is 15.6 Å². The van der Waals surface area contributed by atoms with Gasteiger partial charge in [0.25, 0.3) is 0 Å². The van der Waals surface area contributed by atoms with E-state index in [1.807, 2.05) is 6.92 Å². The molecular formula is C13H20N2O3S. The molecule has 0 aliphatic carbocycles. The summed E-state index contributed by atoms with van der Waals surface area (Å²) in [5.41, 5.74) is 0.727. The van der Waals surface area contributed by atoms with Crippen LogP contribution in [-0.4, -0.2) is 41.8 Å². The number of ether oxygens (including phenoxy) is 1. The predicted molar refractivity (Wildman–Crippen MR) is 78.0 cm³/mol. The maximum atomic E-state index is 11.6. The van der Waals surface area contributed by atoms with Crippen molar-refractivity contribution in [1.29, 1.82) is 0 Å². The Labute approximate surface area is 116 Å². The highest BCUT2D eigenvalue weighted by molar-refractivity contribution is 7.84. The van der Waals surface area contributed by atoms with Gasteiger partial charge in [0, 0.05) is 34.5 Å². The minimum atomic E-state index is -0.792. The molecule has 0 aliphatic heterocycles. The SMILES string of the molecule is CCS(=O)CCNCC(=O)Nc1ccc(OC)cc1. The number of hydrogen-bond donors (Lipinski definition) is 2. The van der Waals surface area contributed by atoms with Crippen LogP contribution in [0, 0.1) is 0 Å². The van der Waals surface area contributed by atoms with E-state index in [9.17, 15) is 9.00 Å². The Hall–Kier alpha value is -1.40. The molecule has 19 heavy (non-hydrogen) atoms. The first-order chi connectivity index (χ1) is 9.15. The summed E-state index contributed by atoms with van der Waals surface area (Å²) in [5, 5.41) is 5.73. The molecule has 0 bridgehead atoms. The van der Waals surface area contributed by atoms with Crippen molar-refractivity contribution in [1.82, 2.24) is 5.32 Å². The molecule has 1 rings (SSSR count). The zero-order chi connectivity index (χ0) is 14.1. The third-order valence-electron chi connectivity index (χ3n) is 2.49. The van der Waals surface area contributed by atoms with Gasteiger partial charge in [0.05, 0.1) is 13.7 Å². The number of hydrogen-bond acceptors (Lipinski definition) is 4. The molecule has 0 heterocycles. The Morgan fingerprint density at radius 3 is 2.58 bits per heavy atom. The topological polar surface area (TPSA) is 67.4 Å². The van der Waals surface area contributed by atoms with Gasteiger partial charge in [-0.15, -0.1) is 0 Å². The molecule has 1 atom stereocenters. The minimum Gasteiger partial charge on any atom is -0.497 e. The number of methoxy groups -OCH3 is 1. The highest BCUT2D eigenvalue weighted by atomic mass is 32.2. The van der Waals surface area contributed by atoms with Gasteiger partial charge < -0.3 is 15.4 Å². The summed E-state index contributed by atoms with van der Waals surface area (Å²) in [6.45, 7) is 2.68. The van der Waals surface area contributed by atoms with Crippen LogP contribution in [0.1, 0.15) is 6.92 Å². The van der Waals surface area contributed by atoms with E-state index < -0.39 is 10.8 Å². The van der Waals surface area contributed by atoms with Crippen LogP contribution < -0.4 is 15.4 Å². The first-order valence-corrected chi connectivity index (χ1v) is 7.64. The maximum absolute atomic E-state index is 11.6. The summed E-state index contributed by atoms with van der Waals surface area (Å²) in [4.78, 5) is 11.6. The number of carbonyl (C=O) groups is 1. The highest BCUT2D eigenvalue weighted by Gasteiger charge is 2.02. The lowest BCUT2D eigenvalue weighted by atomic mass is 10.3. The van der Waals surface area contributed by atoms with Crippen molar-refractivity contribution in [3.8, 4) is 5.75 Å². The number of anilines is 1. The van der Waals surface area contributed by atoms with Gasteiger partial charge in [-0.2, -0.15) is 0 Å². The monoisotopic (exact) mass is 284 g/mol. The molecule has 0 radical (unpaired) electrons. The molecule has 0 spiro atoms. The molecule has 1 amide bonds. The van der Waals surface area contributed by atoms with Gasteiger partial charge in [0.2, 0.25) is 5.91 Å². The summed E-state index contributed by atoms with van der Waals surface area (Å²) in [7, 11) is 0.803. The second kappa shape index (κ2) is 8.66. The predicted octanol–water partition coefficient (Wildman–Crippen LogP) is 0.992. The fourth-order valence-electron chi connectivity index (χ4n) is 1.41. The van der Waals surface area contributed by atoms with Crippen molar-refractivity contribution in [2.45, 2.75) is 6.92 Å². The van der Waals surface area contributed by atoms with E-state index in [0.29, 0.717) is 18.1 Å². The Morgan fingerprint density at radius 2 is 2.00 bits per heavy atom. The lowest BCUT2D eigenvalue weighted by Crippen LogP contribution is -2.30. The largest absolute Gasteiger partial charge is 0.497 e. The summed E-state index contributed by atoms with van der Waals surface area (Å²) >= 11 is 0. The molecule has 0 aliphatic rings. The third kappa shape index (κ3) is 6.35. The maximum Gasteiger partial charge on any atom is 0.238 e. The summed E-state index contributed by atoms with van der Waals surface area (Å²) in [5.74, 6) is 1.86. The van der Waals surface area contributed by atoms with E-state index in [4.69, 9.17) is 4.74 Å². The average molecular weight is 284 g/mol. The molecule has 0 fully saturated rings. The molecule has 0 saturated carbocycles. The van der Waals surface area contributed by atoms with Crippen LogP contribution in [0.25, 0.3) is 0 Å². The van der Waals surface area contributed by atoms with Crippen LogP contribution >= 0.6 is 0 Å². The molecular weight excluding hydrogens is 264 g/mol. The Kier molecular flexibility index (Phi) is 7.14. The van der Waals surface area contributed by atoms with Crippen molar-refractivity contribution in [2.75, 3.05) is 37.0 Å². The Balaban J connectivity index is 2.25. The molecule has 2 N–H and O–H groups in total. The number of nitrogens with one attached hydrogen (secondary N) is 2. The highest BCUT2D eigenvalue weighted by Crippen LogP contribution is 2.14. The minimum absolute atomic E-state index is 0.118. The number of benzene rings is 1. The van der Waals surface area contributed by atoms with E-state index in [-0.39, 0.29) is 12.5 Å². The molecule has 6 heteroatoms. The standard InChI is InChI=1S/C13H20N2O3S/c1-3-19(17)9-8-14-10-13(16)15-11-4-6-12(18-2)7-5-11/h4-7,14H,3,8-10H2,1-2H3,(H,15,16). The number of rotatable bonds is 8. The number of carbonyl (C=O) groups excluding carboxylic acids is 1. The lowest BCUT2D eigenvalue weighted by molar-refractivity contribution is -0.115. The smallest absolute Gasteiger partial charge is 0.238 e. The van der Waals surface area contributed by atoms with Crippen LogP contribution in [0.4, 0.5) is 5.69 Å². The van der Waals surface area contributed by atoms with Gasteiger partial charge in [-0.25, -0.2) is 0 Å². The van der Waals surface area contributed by atoms with Crippen LogP contribution in [0.2, 0.25) is 0 Å². The van der Waals surface area contributed by atoms with Crippen LogP contribution in [0.5, 0.6) is 5.75 Å². The fourth-order valence-corrected chi connectivity index (χ4v) is 2.07. The van der Waals surface area contributed by atoms with E-state index in [1.165, 1.54) is 0 Å². The van der Waals surface area contributed by atoms with Gasteiger partial charge in [0.1, 0.15) is 5.75 Å². The zero-order valence-electron chi connectivity index (χ0n) is 11.3. The van der Waals surface area contributed by atoms with E-state index >= 15 is 0 Å².